The maximum Gasteiger partial charge on any atom is 0.405 e. The quantitative estimate of drug-likeness (QED) is 0.786. The Balaban J connectivity index is 2.67. The molecule has 1 aromatic heterocycles. The van der Waals surface area contributed by atoms with Gasteiger partial charge in [-0.2, -0.15) is 13.2 Å². The molecular formula is C8H10F3N3. The summed E-state index contributed by atoms with van der Waals surface area (Å²) in [5.41, 5.74) is 5.90. The average molecular weight is 205 g/mol. The maximum atomic E-state index is 11.9. The minimum absolute atomic E-state index is 0.161. The zero-order chi connectivity index (χ0) is 10.6. The molecule has 0 radical (unpaired) electrons. The first-order chi connectivity index (χ1) is 6.53. The second-order valence-electron chi connectivity index (χ2n) is 2.68. The van der Waals surface area contributed by atoms with E-state index in [0.717, 1.165) is 0 Å². The number of hydrogen-bond donors (Lipinski definition) is 2. The van der Waals surface area contributed by atoms with Gasteiger partial charge in [0.15, 0.2) is 0 Å². The Morgan fingerprint density at radius 3 is 2.71 bits per heavy atom. The Labute approximate surface area is 79.1 Å². The summed E-state index contributed by atoms with van der Waals surface area (Å²) >= 11 is 0. The highest BCUT2D eigenvalue weighted by molar-refractivity contribution is 5.43. The second-order valence-corrected chi connectivity index (χ2v) is 2.68. The van der Waals surface area contributed by atoms with E-state index in [4.69, 9.17) is 5.73 Å². The van der Waals surface area contributed by atoms with Crippen LogP contribution in [0.1, 0.15) is 5.56 Å². The number of rotatable bonds is 3. The molecule has 0 fully saturated rings. The average Bonchev–Trinajstić information content (AvgIpc) is 2.14. The molecule has 0 bridgehead atoms. The van der Waals surface area contributed by atoms with Crippen LogP contribution in [0.2, 0.25) is 0 Å². The van der Waals surface area contributed by atoms with Gasteiger partial charge in [0.2, 0.25) is 0 Å². The Morgan fingerprint density at radius 2 is 2.14 bits per heavy atom. The summed E-state index contributed by atoms with van der Waals surface area (Å²) in [4.78, 5) is 3.76. The lowest BCUT2D eigenvalue weighted by molar-refractivity contribution is -0.115. The van der Waals surface area contributed by atoms with Gasteiger partial charge in [0.1, 0.15) is 12.4 Å². The molecule has 0 aliphatic carbocycles. The molecule has 1 rings (SSSR count). The molecule has 3 N–H and O–H groups in total. The summed E-state index contributed by atoms with van der Waals surface area (Å²) in [5, 5.41) is 2.19. The first-order valence-corrected chi connectivity index (χ1v) is 3.97. The molecule has 0 saturated heterocycles. The number of nitrogens with zero attached hydrogens (tertiary/aromatic N) is 1. The molecule has 0 aliphatic heterocycles. The number of anilines is 1. The lowest BCUT2D eigenvalue weighted by atomic mass is 10.2. The summed E-state index contributed by atoms with van der Waals surface area (Å²) in [5.74, 6) is 0.187. The number of aromatic nitrogens is 1. The molecule has 6 heteroatoms. The fourth-order valence-electron chi connectivity index (χ4n) is 0.946. The first kappa shape index (κ1) is 10.8. The monoisotopic (exact) mass is 205 g/mol. The molecule has 1 heterocycles. The van der Waals surface area contributed by atoms with Crippen molar-refractivity contribution in [3.63, 3.8) is 0 Å². The van der Waals surface area contributed by atoms with E-state index in [9.17, 15) is 13.2 Å². The van der Waals surface area contributed by atoms with Crippen LogP contribution < -0.4 is 11.1 Å². The van der Waals surface area contributed by atoms with Crippen molar-refractivity contribution in [3.8, 4) is 0 Å². The number of nitrogens with two attached hydrogens (primary N) is 1. The minimum Gasteiger partial charge on any atom is -0.361 e. The van der Waals surface area contributed by atoms with E-state index in [1.165, 1.54) is 6.20 Å². The molecule has 1 aromatic rings. The van der Waals surface area contributed by atoms with Gasteiger partial charge in [-0.05, 0) is 6.07 Å². The summed E-state index contributed by atoms with van der Waals surface area (Å²) in [6.45, 7) is -0.939. The van der Waals surface area contributed by atoms with Crippen LogP contribution in [-0.4, -0.2) is 17.7 Å². The number of halogens is 3. The summed E-state index contributed by atoms with van der Waals surface area (Å²) in [6.07, 6.45) is -2.83. The molecular weight excluding hydrogens is 195 g/mol. The zero-order valence-corrected chi connectivity index (χ0v) is 7.30. The summed E-state index contributed by atoms with van der Waals surface area (Å²) in [6, 6.07) is 3.26. The van der Waals surface area contributed by atoms with Crippen molar-refractivity contribution in [2.45, 2.75) is 12.7 Å². The van der Waals surface area contributed by atoms with E-state index < -0.39 is 12.7 Å². The number of nitrogens with one attached hydrogen (secondary N) is 1. The van der Waals surface area contributed by atoms with Crippen LogP contribution >= 0.6 is 0 Å². The van der Waals surface area contributed by atoms with E-state index in [0.29, 0.717) is 5.56 Å². The normalized spacial score (nSPS) is 11.4. The summed E-state index contributed by atoms with van der Waals surface area (Å²) < 4.78 is 35.6. The molecule has 0 saturated carbocycles. The molecule has 0 aliphatic rings. The molecule has 14 heavy (non-hydrogen) atoms. The van der Waals surface area contributed by atoms with Crippen molar-refractivity contribution >= 4 is 5.82 Å². The van der Waals surface area contributed by atoms with E-state index >= 15 is 0 Å². The Kier molecular flexibility index (Phi) is 3.29. The smallest absolute Gasteiger partial charge is 0.361 e. The van der Waals surface area contributed by atoms with Gasteiger partial charge in [-0.15, -0.1) is 0 Å². The van der Waals surface area contributed by atoms with Crippen LogP contribution in [0.15, 0.2) is 18.3 Å². The van der Waals surface area contributed by atoms with Gasteiger partial charge in [-0.25, -0.2) is 4.98 Å². The van der Waals surface area contributed by atoms with E-state index in [1.54, 1.807) is 12.1 Å². The van der Waals surface area contributed by atoms with E-state index in [1.807, 2.05) is 0 Å². The Hall–Kier alpha value is -1.30. The van der Waals surface area contributed by atoms with Gasteiger partial charge < -0.3 is 11.1 Å². The number of hydrogen-bond acceptors (Lipinski definition) is 3. The third-order valence-electron chi connectivity index (χ3n) is 1.57. The van der Waals surface area contributed by atoms with Crippen LogP contribution in [0.3, 0.4) is 0 Å². The van der Waals surface area contributed by atoms with E-state index in [2.05, 4.69) is 10.3 Å². The van der Waals surface area contributed by atoms with Crippen LogP contribution in [0.4, 0.5) is 19.0 Å². The molecule has 0 unspecified atom stereocenters. The third-order valence-corrected chi connectivity index (χ3v) is 1.57. The van der Waals surface area contributed by atoms with Gasteiger partial charge >= 0.3 is 6.18 Å². The Bertz CT molecular complexity index is 298. The van der Waals surface area contributed by atoms with Crippen molar-refractivity contribution in [1.29, 1.82) is 0 Å². The van der Waals surface area contributed by atoms with Gasteiger partial charge in [0, 0.05) is 18.3 Å². The highest BCUT2D eigenvalue weighted by atomic mass is 19.4. The summed E-state index contributed by atoms with van der Waals surface area (Å²) in [7, 11) is 0. The van der Waals surface area contributed by atoms with Gasteiger partial charge in [-0.1, -0.05) is 6.07 Å². The van der Waals surface area contributed by atoms with Crippen molar-refractivity contribution < 1.29 is 13.2 Å². The SMILES string of the molecule is NCc1cccnc1NCC(F)(F)F. The number of pyridine rings is 1. The predicted molar refractivity (Wildman–Crippen MR) is 46.7 cm³/mol. The van der Waals surface area contributed by atoms with Crippen molar-refractivity contribution in [3.05, 3.63) is 23.9 Å². The fraction of sp³-hybridized carbons (Fsp3) is 0.375. The molecule has 0 spiro atoms. The van der Waals surface area contributed by atoms with Crippen molar-refractivity contribution in [2.75, 3.05) is 11.9 Å². The highest BCUT2D eigenvalue weighted by Crippen LogP contribution is 2.17. The topological polar surface area (TPSA) is 50.9 Å². The molecule has 78 valence electrons. The van der Waals surface area contributed by atoms with Crippen molar-refractivity contribution in [2.24, 2.45) is 5.73 Å². The molecule has 0 atom stereocenters. The largest absolute Gasteiger partial charge is 0.405 e. The lowest BCUT2D eigenvalue weighted by Crippen LogP contribution is -2.22. The molecule has 3 nitrogen and oxygen atoms in total. The third kappa shape index (κ3) is 3.21. The second kappa shape index (κ2) is 4.28. The minimum atomic E-state index is -4.25. The van der Waals surface area contributed by atoms with Gasteiger partial charge in [0.05, 0.1) is 0 Å². The van der Waals surface area contributed by atoms with E-state index in [-0.39, 0.29) is 12.4 Å². The first-order valence-electron chi connectivity index (χ1n) is 3.97. The highest BCUT2D eigenvalue weighted by Gasteiger charge is 2.27. The van der Waals surface area contributed by atoms with Gasteiger partial charge in [0.25, 0.3) is 0 Å². The van der Waals surface area contributed by atoms with Crippen LogP contribution in [-0.2, 0) is 6.54 Å². The Morgan fingerprint density at radius 1 is 1.43 bits per heavy atom. The standard InChI is InChI=1S/C8H10F3N3/c9-8(10,11)5-14-7-6(4-12)2-1-3-13-7/h1-3H,4-5,12H2,(H,13,14). The van der Waals surface area contributed by atoms with Crippen LogP contribution in [0.25, 0.3) is 0 Å². The maximum absolute atomic E-state index is 11.9. The fourth-order valence-corrected chi connectivity index (χ4v) is 0.946. The van der Waals surface area contributed by atoms with Crippen LogP contribution in [0, 0.1) is 0 Å². The van der Waals surface area contributed by atoms with Crippen LogP contribution in [0.5, 0.6) is 0 Å². The number of alkyl halides is 3. The predicted octanol–water partition coefficient (Wildman–Crippen LogP) is 1.51. The molecule has 0 aromatic carbocycles. The zero-order valence-electron chi connectivity index (χ0n) is 7.30. The van der Waals surface area contributed by atoms with Gasteiger partial charge in [-0.3, -0.25) is 0 Å². The van der Waals surface area contributed by atoms with Crippen molar-refractivity contribution in [1.82, 2.24) is 4.98 Å². The molecule has 0 amide bonds. The lowest BCUT2D eigenvalue weighted by Gasteiger charge is -2.11.